The Hall–Kier alpha value is -0.830. The summed E-state index contributed by atoms with van der Waals surface area (Å²) >= 11 is 0. The molecule has 1 saturated heterocycles. The molecule has 3 unspecified atom stereocenters. The molecular weight excluding hydrogens is 204 g/mol. The fraction of sp³-hybridized carbons (Fsp3) is 0.769. The molecular formula is C13H18O3. The zero-order chi connectivity index (χ0) is 11.2. The molecule has 0 aromatic carbocycles. The van der Waals surface area contributed by atoms with Crippen LogP contribution in [-0.4, -0.2) is 25.8 Å². The quantitative estimate of drug-likeness (QED) is 0.539. The number of carbonyl (C=O) groups excluding carboxylic acids is 1. The van der Waals surface area contributed by atoms with E-state index in [1.165, 1.54) is 0 Å². The van der Waals surface area contributed by atoms with Gasteiger partial charge in [0.2, 0.25) is 0 Å². The summed E-state index contributed by atoms with van der Waals surface area (Å²) in [7, 11) is 0. The van der Waals surface area contributed by atoms with Crippen molar-refractivity contribution in [3.05, 3.63) is 12.2 Å². The van der Waals surface area contributed by atoms with Crippen molar-refractivity contribution in [3.8, 4) is 0 Å². The van der Waals surface area contributed by atoms with Crippen molar-refractivity contribution in [1.29, 1.82) is 0 Å². The molecule has 0 radical (unpaired) electrons. The van der Waals surface area contributed by atoms with E-state index in [2.05, 4.69) is 19.1 Å². The third kappa shape index (κ3) is 1.67. The van der Waals surface area contributed by atoms with Gasteiger partial charge in [0.1, 0.15) is 6.61 Å². The minimum Gasteiger partial charge on any atom is -0.465 e. The highest BCUT2D eigenvalue weighted by atomic mass is 16.5. The molecule has 1 aliphatic heterocycles. The molecule has 0 amide bonds. The first-order valence-corrected chi connectivity index (χ1v) is 6.09. The maximum atomic E-state index is 11.9. The standard InChI is InChI=1S/C13H18O3/c1-13(6-15-7-13)8-16-12(14)11-5-9-2-3-10(11)4-9/h2-3,9-11H,4-8H2,1H3. The molecule has 3 atom stereocenters. The Morgan fingerprint density at radius 1 is 1.44 bits per heavy atom. The predicted octanol–water partition coefficient (Wildman–Crippen LogP) is 1.78. The van der Waals surface area contributed by atoms with Gasteiger partial charge in [-0.05, 0) is 24.7 Å². The second-order valence-electron chi connectivity index (χ2n) is 5.80. The number of allylic oxidation sites excluding steroid dienone is 2. The summed E-state index contributed by atoms with van der Waals surface area (Å²) in [4.78, 5) is 11.9. The Kier molecular flexibility index (Phi) is 2.32. The van der Waals surface area contributed by atoms with E-state index in [1.54, 1.807) is 0 Å². The highest BCUT2D eigenvalue weighted by Crippen LogP contribution is 2.44. The first-order chi connectivity index (χ1) is 7.66. The summed E-state index contributed by atoms with van der Waals surface area (Å²) in [5.41, 5.74) is 0.0725. The van der Waals surface area contributed by atoms with Crippen molar-refractivity contribution < 1.29 is 14.3 Å². The third-order valence-electron chi connectivity index (χ3n) is 4.05. The summed E-state index contributed by atoms with van der Waals surface area (Å²) in [6.07, 6.45) is 6.58. The van der Waals surface area contributed by atoms with Crippen LogP contribution < -0.4 is 0 Å². The maximum Gasteiger partial charge on any atom is 0.309 e. The average molecular weight is 222 g/mol. The molecule has 2 bridgehead atoms. The lowest BCUT2D eigenvalue weighted by Crippen LogP contribution is -2.44. The first kappa shape index (κ1) is 10.3. The third-order valence-corrected chi connectivity index (χ3v) is 4.05. The van der Waals surface area contributed by atoms with Crippen LogP contribution in [0.15, 0.2) is 12.2 Å². The molecule has 1 heterocycles. The molecule has 2 fully saturated rings. The zero-order valence-electron chi connectivity index (χ0n) is 9.65. The molecule has 3 nitrogen and oxygen atoms in total. The van der Waals surface area contributed by atoms with Gasteiger partial charge < -0.3 is 9.47 Å². The number of hydrogen-bond donors (Lipinski definition) is 0. The summed E-state index contributed by atoms with van der Waals surface area (Å²) in [6.45, 7) is 4.06. The van der Waals surface area contributed by atoms with E-state index in [4.69, 9.17) is 9.47 Å². The van der Waals surface area contributed by atoms with Crippen molar-refractivity contribution in [3.63, 3.8) is 0 Å². The normalized spacial score (nSPS) is 38.4. The summed E-state index contributed by atoms with van der Waals surface area (Å²) in [5.74, 6) is 1.21. The number of hydrogen-bond acceptors (Lipinski definition) is 3. The van der Waals surface area contributed by atoms with Gasteiger partial charge in [-0.25, -0.2) is 0 Å². The van der Waals surface area contributed by atoms with E-state index >= 15 is 0 Å². The Morgan fingerprint density at radius 3 is 2.75 bits per heavy atom. The lowest BCUT2D eigenvalue weighted by Gasteiger charge is -2.37. The molecule has 2 aliphatic carbocycles. The van der Waals surface area contributed by atoms with Crippen LogP contribution in [0.4, 0.5) is 0 Å². The van der Waals surface area contributed by atoms with Crippen molar-refractivity contribution in [1.82, 2.24) is 0 Å². The molecule has 3 aliphatic rings. The van der Waals surface area contributed by atoms with Crippen molar-refractivity contribution in [2.75, 3.05) is 19.8 Å². The van der Waals surface area contributed by atoms with Crippen molar-refractivity contribution in [2.45, 2.75) is 19.8 Å². The van der Waals surface area contributed by atoms with Gasteiger partial charge >= 0.3 is 5.97 Å². The van der Waals surface area contributed by atoms with Gasteiger partial charge in [-0.3, -0.25) is 4.79 Å². The van der Waals surface area contributed by atoms with Crippen LogP contribution in [0.25, 0.3) is 0 Å². The van der Waals surface area contributed by atoms with Crippen LogP contribution in [0, 0.1) is 23.2 Å². The van der Waals surface area contributed by atoms with E-state index in [-0.39, 0.29) is 17.3 Å². The van der Waals surface area contributed by atoms with Gasteiger partial charge in [0, 0.05) is 5.41 Å². The Morgan fingerprint density at radius 2 is 2.25 bits per heavy atom. The van der Waals surface area contributed by atoms with E-state index in [9.17, 15) is 4.79 Å². The zero-order valence-corrected chi connectivity index (χ0v) is 9.65. The van der Waals surface area contributed by atoms with Gasteiger partial charge in [0.15, 0.2) is 0 Å². The van der Waals surface area contributed by atoms with E-state index in [0.29, 0.717) is 18.4 Å². The van der Waals surface area contributed by atoms with Crippen LogP contribution in [0.1, 0.15) is 19.8 Å². The van der Waals surface area contributed by atoms with Crippen molar-refractivity contribution >= 4 is 5.97 Å². The Balaban J connectivity index is 1.52. The second kappa shape index (κ2) is 3.59. The SMILES string of the molecule is CC1(COC(=O)C2CC3C=CC2C3)COC1. The monoisotopic (exact) mass is 222 g/mol. The van der Waals surface area contributed by atoms with Crippen LogP contribution in [0.3, 0.4) is 0 Å². The Bertz CT molecular complexity index is 330. The summed E-state index contributed by atoms with van der Waals surface area (Å²) in [5, 5.41) is 0. The van der Waals surface area contributed by atoms with Crippen molar-refractivity contribution in [2.24, 2.45) is 23.2 Å². The Labute approximate surface area is 95.8 Å². The lowest BCUT2D eigenvalue weighted by atomic mass is 9.89. The smallest absolute Gasteiger partial charge is 0.309 e. The van der Waals surface area contributed by atoms with Crippen LogP contribution in [0.2, 0.25) is 0 Å². The molecule has 3 heteroatoms. The number of fused-ring (bicyclic) bond motifs is 2. The van der Waals surface area contributed by atoms with E-state index in [1.807, 2.05) is 0 Å². The molecule has 16 heavy (non-hydrogen) atoms. The molecule has 1 saturated carbocycles. The molecule has 88 valence electrons. The minimum absolute atomic E-state index is 0.00461. The fourth-order valence-electron chi connectivity index (χ4n) is 2.94. The largest absolute Gasteiger partial charge is 0.465 e. The van der Waals surface area contributed by atoms with Gasteiger partial charge in [-0.1, -0.05) is 19.1 Å². The van der Waals surface area contributed by atoms with E-state index < -0.39 is 0 Å². The summed E-state index contributed by atoms with van der Waals surface area (Å²) < 4.78 is 10.6. The molecule has 0 aromatic heterocycles. The highest BCUT2D eigenvalue weighted by molar-refractivity contribution is 5.74. The first-order valence-electron chi connectivity index (χ1n) is 6.09. The van der Waals surface area contributed by atoms with Gasteiger partial charge in [-0.2, -0.15) is 0 Å². The fourth-order valence-corrected chi connectivity index (χ4v) is 2.94. The van der Waals surface area contributed by atoms with Crippen LogP contribution in [-0.2, 0) is 14.3 Å². The predicted molar refractivity (Wildman–Crippen MR) is 58.7 cm³/mol. The lowest BCUT2D eigenvalue weighted by molar-refractivity contribution is -0.169. The number of ether oxygens (including phenoxy) is 2. The average Bonchev–Trinajstić information content (AvgIpc) is 2.84. The topological polar surface area (TPSA) is 35.5 Å². The molecule has 0 spiro atoms. The second-order valence-corrected chi connectivity index (χ2v) is 5.80. The minimum atomic E-state index is 0.00461. The van der Waals surface area contributed by atoms with Gasteiger partial charge in [0.25, 0.3) is 0 Å². The molecule has 3 rings (SSSR count). The molecule has 0 aromatic rings. The summed E-state index contributed by atoms with van der Waals surface area (Å²) in [6, 6.07) is 0. The van der Waals surface area contributed by atoms with Gasteiger partial charge in [-0.15, -0.1) is 0 Å². The van der Waals surface area contributed by atoms with Gasteiger partial charge in [0.05, 0.1) is 19.1 Å². The van der Waals surface area contributed by atoms with E-state index in [0.717, 1.165) is 26.1 Å². The highest BCUT2D eigenvalue weighted by Gasteiger charge is 2.42. The number of rotatable bonds is 3. The number of esters is 1. The molecule has 0 N–H and O–H groups in total. The van der Waals surface area contributed by atoms with Crippen LogP contribution in [0.5, 0.6) is 0 Å². The maximum absolute atomic E-state index is 11.9. The number of carbonyl (C=O) groups is 1. The van der Waals surface area contributed by atoms with Crippen LogP contribution >= 0.6 is 0 Å².